The van der Waals surface area contributed by atoms with Crippen molar-refractivity contribution in [2.75, 3.05) is 12.4 Å². The van der Waals surface area contributed by atoms with Crippen molar-refractivity contribution in [2.45, 2.75) is 37.5 Å². The molecule has 2 saturated carbocycles. The maximum absolute atomic E-state index is 4.91. The van der Waals surface area contributed by atoms with Crippen LogP contribution in [0, 0.1) is 0 Å². The smallest absolute Gasteiger partial charge is 0.182 e. The fourth-order valence-corrected chi connectivity index (χ4v) is 4.18. The van der Waals surface area contributed by atoms with Crippen molar-refractivity contribution in [3.63, 3.8) is 0 Å². The summed E-state index contributed by atoms with van der Waals surface area (Å²) in [6, 6.07) is 0. The first-order valence-corrected chi connectivity index (χ1v) is 8.19. The minimum atomic E-state index is 0.712. The molecule has 0 atom stereocenters. The van der Waals surface area contributed by atoms with Gasteiger partial charge in [0.1, 0.15) is 0 Å². The zero-order valence-electron chi connectivity index (χ0n) is 10.3. The molecule has 2 heterocycles. The van der Waals surface area contributed by atoms with E-state index in [4.69, 9.17) is 4.98 Å². The molecule has 2 aromatic rings. The Balaban J connectivity index is 1.76. The minimum Gasteiger partial charge on any atom is -0.365 e. The molecule has 0 bridgehead atoms. The summed E-state index contributed by atoms with van der Waals surface area (Å²) in [5.74, 6) is 1.46. The van der Waals surface area contributed by atoms with Crippen LogP contribution in [0.5, 0.6) is 0 Å². The van der Waals surface area contributed by atoms with E-state index >= 15 is 0 Å². The van der Waals surface area contributed by atoms with Gasteiger partial charge in [-0.25, -0.2) is 9.97 Å². The van der Waals surface area contributed by atoms with E-state index in [1.165, 1.54) is 41.3 Å². The lowest BCUT2D eigenvalue weighted by atomic mass is 10.2. The quantitative estimate of drug-likeness (QED) is 0.915. The van der Waals surface area contributed by atoms with Crippen LogP contribution < -0.4 is 5.32 Å². The summed E-state index contributed by atoms with van der Waals surface area (Å²) in [4.78, 5) is 10.9. The molecule has 0 spiro atoms. The molecule has 4 rings (SSSR count). The number of hydrogen-bond acceptors (Lipinski definition) is 5. The van der Waals surface area contributed by atoms with Crippen LogP contribution in [0.15, 0.2) is 5.38 Å². The second-order valence-corrected chi connectivity index (χ2v) is 6.99. The van der Waals surface area contributed by atoms with E-state index in [1.54, 1.807) is 11.3 Å². The van der Waals surface area contributed by atoms with Crippen molar-refractivity contribution in [3.05, 3.63) is 16.1 Å². The van der Waals surface area contributed by atoms with E-state index in [2.05, 4.69) is 15.7 Å². The third-order valence-corrected chi connectivity index (χ3v) is 5.63. The zero-order valence-corrected chi connectivity index (χ0v) is 11.9. The molecule has 2 aromatic heterocycles. The van der Waals surface area contributed by atoms with Crippen LogP contribution in [0.25, 0.3) is 10.6 Å². The average Bonchev–Trinajstić information content (AvgIpc) is 3.32. The number of rotatable bonds is 4. The maximum Gasteiger partial charge on any atom is 0.182 e. The molecule has 3 nitrogen and oxygen atoms in total. The van der Waals surface area contributed by atoms with Gasteiger partial charge < -0.3 is 5.32 Å². The molecule has 0 aromatic carbocycles. The third kappa shape index (κ3) is 1.86. The molecule has 5 heteroatoms. The van der Waals surface area contributed by atoms with Gasteiger partial charge in [0, 0.05) is 24.3 Å². The van der Waals surface area contributed by atoms with Crippen molar-refractivity contribution in [2.24, 2.45) is 0 Å². The summed E-state index contributed by atoms with van der Waals surface area (Å²) in [5.41, 5.74) is 2.45. The molecule has 1 N–H and O–H groups in total. The Morgan fingerprint density at radius 1 is 1.17 bits per heavy atom. The van der Waals surface area contributed by atoms with Gasteiger partial charge in [-0.1, -0.05) is 0 Å². The molecule has 0 saturated heterocycles. The van der Waals surface area contributed by atoms with Gasteiger partial charge >= 0.3 is 0 Å². The summed E-state index contributed by atoms with van der Waals surface area (Å²) in [5, 5.41) is 7.62. The van der Waals surface area contributed by atoms with Gasteiger partial charge in [0.25, 0.3) is 0 Å². The molecular weight excluding hydrogens is 262 g/mol. The first-order valence-electron chi connectivity index (χ1n) is 6.49. The Kier molecular flexibility index (Phi) is 2.45. The van der Waals surface area contributed by atoms with Crippen LogP contribution in [0.2, 0.25) is 0 Å². The van der Waals surface area contributed by atoms with Crippen molar-refractivity contribution < 1.29 is 0 Å². The van der Waals surface area contributed by atoms with E-state index in [1.807, 2.05) is 18.4 Å². The van der Waals surface area contributed by atoms with Crippen molar-refractivity contribution in [1.82, 2.24) is 9.97 Å². The predicted octanol–water partition coefficient (Wildman–Crippen LogP) is 4.06. The van der Waals surface area contributed by atoms with E-state index in [-0.39, 0.29) is 0 Å². The normalized spacial score (nSPS) is 19.2. The van der Waals surface area contributed by atoms with Gasteiger partial charge in [-0.3, -0.25) is 0 Å². The molecule has 0 unspecified atom stereocenters. The Morgan fingerprint density at radius 2 is 1.94 bits per heavy atom. The molecular formula is C13H15N3S2. The number of thiazole rings is 2. The van der Waals surface area contributed by atoms with Gasteiger partial charge in [0.05, 0.1) is 21.3 Å². The minimum absolute atomic E-state index is 0.712. The summed E-state index contributed by atoms with van der Waals surface area (Å²) >= 11 is 3.56. The van der Waals surface area contributed by atoms with E-state index in [0.29, 0.717) is 5.92 Å². The summed E-state index contributed by atoms with van der Waals surface area (Å²) in [6.45, 7) is 0. The maximum atomic E-state index is 4.91. The molecule has 2 aliphatic carbocycles. The van der Waals surface area contributed by atoms with Crippen LogP contribution >= 0.6 is 22.7 Å². The largest absolute Gasteiger partial charge is 0.365 e. The molecule has 0 aliphatic heterocycles. The van der Waals surface area contributed by atoms with Gasteiger partial charge in [0.2, 0.25) is 0 Å². The van der Waals surface area contributed by atoms with Crippen molar-refractivity contribution >= 4 is 27.8 Å². The Hall–Kier alpha value is -0.940. The Morgan fingerprint density at radius 3 is 2.56 bits per heavy atom. The highest BCUT2D eigenvalue weighted by Crippen LogP contribution is 2.50. The van der Waals surface area contributed by atoms with Crippen molar-refractivity contribution in [1.29, 1.82) is 0 Å². The lowest BCUT2D eigenvalue weighted by Crippen LogP contribution is -1.87. The van der Waals surface area contributed by atoms with Crippen LogP contribution in [-0.4, -0.2) is 17.0 Å². The van der Waals surface area contributed by atoms with E-state index < -0.39 is 0 Å². The van der Waals surface area contributed by atoms with Gasteiger partial charge in [-0.05, 0) is 25.7 Å². The van der Waals surface area contributed by atoms with Crippen molar-refractivity contribution in [3.8, 4) is 10.6 Å². The third-order valence-electron chi connectivity index (χ3n) is 3.51. The van der Waals surface area contributed by atoms with Gasteiger partial charge in [0.15, 0.2) is 5.13 Å². The highest BCUT2D eigenvalue weighted by molar-refractivity contribution is 7.17. The molecule has 18 heavy (non-hydrogen) atoms. The van der Waals surface area contributed by atoms with Crippen LogP contribution in [0.3, 0.4) is 0 Å². The Labute approximate surface area is 114 Å². The monoisotopic (exact) mass is 277 g/mol. The number of aromatic nitrogens is 2. The lowest BCUT2D eigenvalue weighted by molar-refractivity contribution is 0.988. The SMILES string of the molecule is CNc1nc(-c2sc(C3CC3)nc2C2CC2)cs1. The molecule has 0 radical (unpaired) electrons. The fourth-order valence-electron chi connectivity index (χ4n) is 2.16. The predicted molar refractivity (Wildman–Crippen MR) is 76.7 cm³/mol. The summed E-state index contributed by atoms with van der Waals surface area (Å²) in [6.07, 6.45) is 5.28. The highest BCUT2D eigenvalue weighted by atomic mass is 32.1. The molecule has 2 aliphatic rings. The molecule has 2 fully saturated rings. The van der Waals surface area contributed by atoms with E-state index in [0.717, 1.165) is 16.7 Å². The lowest BCUT2D eigenvalue weighted by Gasteiger charge is -1.95. The van der Waals surface area contributed by atoms with Gasteiger partial charge in [-0.2, -0.15) is 0 Å². The zero-order chi connectivity index (χ0) is 12.1. The first-order chi connectivity index (χ1) is 8.85. The molecule has 0 amide bonds. The van der Waals surface area contributed by atoms with E-state index in [9.17, 15) is 0 Å². The number of nitrogens with one attached hydrogen (secondary N) is 1. The highest BCUT2D eigenvalue weighted by Gasteiger charge is 2.34. The Bertz CT molecular complexity index is 579. The summed E-state index contributed by atoms with van der Waals surface area (Å²) < 4.78 is 0. The second-order valence-electron chi connectivity index (χ2n) is 5.10. The topological polar surface area (TPSA) is 37.8 Å². The van der Waals surface area contributed by atoms with Gasteiger partial charge in [-0.15, -0.1) is 22.7 Å². The summed E-state index contributed by atoms with van der Waals surface area (Å²) in [7, 11) is 1.92. The first kappa shape index (κ1) is 10.9. The molecule has 94 valence electrons. The number of hydrogen-bond donors (Lipinski definition) is 1. The number of anilines is 1. The van der Waals surface area contributed by atoms with Crippen LogP contribution in [0.4, 0.5) is 5.13 Å². The second kappa shape index (κ2) is 4.03. The number of nitrogens with zero attached hydrogens (tertiary/aromatic N) is 2. The van der Waals surface area contributed by atoms with Crippen LogP contribution in [-0.2, 0) is 0 Å². The average molecular weight is 277 g/mol. The van der Waals surface area contributed by atoms with Crippen LogP contribution in [0.1, 0.15) is 48.2 Å². The standard InChI is InChI=1S/C13H15N3S2/c1-14-13-15-9(6-17-13)11-10(7-2-3-7)16-12(18-11)8-4-5-8/h6-8H,2-5H2,1H3,(H,14,15). The fraction of sp³-hybridized carbons (Fsp3) is 0.538.